The summed E-state index contributed by atoms with van der Waals surface area (Å²) in [5.41, 5.74) is 0.863. The molecule has 18 heavy (non-hydrogen) atoms. The van der Waals surface area contributed by atoms with Crippen molar-refractivity contribution in [1.29, 1.82) is 0 Å². The normalized spacial score (nSPS) is 13.8. The summed E-state index contributed by atoms with van der Waals surface area (Å²) in [6, 6.07) is 0. The highest BCUT2D eigenvalue weighted by molar-refractivity contribution is 6.70. The molecule has 0 atom stereocenters. The Kier molecular flexibility index (Phi) is 6.22. The van der Waals surface area contributed by atoms with E-state index in [0.29, 0.717) is 18.3 Å². The van der Waals surface area contributed by atoms with Crippen molar-refractivity contribution in [3.8, 4) is 0 Å². The van der Waals surface area contributed by atoms with E-state index in [1.165, 1.54) is 0 Å². The second-order valence-electron chi connectivity index (χ2n) is 6.20. The van der Waals surface area contributed by atoms with Gasteiger partial charge in [-0.1, -0.05) is 6.58 Å². The Morgan fingerprint density at radius 3 is 1.72 bits per heavy atom. The monoisotopic (exact) mass is 288 g/mol. The maximum absolute atomic E-state index is 5.95. The molecule has 0 rings (SSSR count). The summed E-state index contributed by atoms with van der Waals surface area (Å²) in [7, 11) is -3.34. The maximum atomic E-state index is 5.95. The van der Waals surface area contributed by atoms with Crippen molar-refractivity contribution in [2.45, 2.75) is 53.1 Å². The minimum atomic E-state index is -1.69. The molecule has 0 aromatic carbocycles. The van der Waals surface area contributed by atoms with Gasteiger partial charge < -0.3 is 13.6 Å². The summed E-state index contributed by atoms with van der Waals surface area (Å²) in [4.78, 5) is 0. The van der Waals surface area contributed by atoms with Crippen molar-refractivity contribution in [1.82, 2.24) is 0 Å². The predicted octanol–water partition coefficient (Wildman–Crippen LogP) is 4.47. The fourth-order valence-corrected chi connectivity index (χ4v) is 2.84. The Hall–Kier alpha value is -0.686. The van der Waals surface area contributed by atoms with Crippen LogP contribution in [-0.4, -0.2) is 23.2 Å². The van der Waals surface area contributed by atoms with E-state index in [2.05, 4.69) is 45.9 Å². The standard InChI is InChI=1S/C13H28O3Si2/c1-10-14-13(16-18(7,8)9)11(2)12(3)15-17(4,5)6/h3,10H2,1-2,4-9H3/b13-11+. The van der Waals surface area contributed by atoms with Crippen molar-refractivity contribution >= 4 is 16.6 Å². The van der Waals surface area contributed by atoms with E-state index in [4.69, 9.17) is 13.6 Å². The number of ether oxygens (including phenoxy) is 1. The Balaban J connectivity index is 5.03. The topological polar surface area (TPSA) is 27.7 Å². The summed E-state index contributed by atoms with van der Waals surface area (Å²) < 4.78 is 17.4. The maximum Gasteiger partial charge on any atom is 0.272 e. The predicted molar refractivity (Wildman–Crippen MR) is 82.3 cm³/mol. The number of rotatable bonds is 7. The Labute approximate surface area is 114 Å². The van der Waals surface area contributed by atoms with Crippen molar-refractivity contribution in [2.24, 2.45) is 0 Å². The molecule has 0 saturated heterocycles. The summed E-state index contributed by atoms with van der Waals surface area (Å²) in [5.74, 6) is 1.23. The van der Waals surface area contributed by atoms with Gasteiger partial charge in [-0.15, -0.1) is 0 Å². The minimum absolute atomic E-state index is 0.569. The van der Waals surface area contributed by atoms with Gasteiger partial charge in [0.25, 0.3) is 5.95 Å². The van der Waals surface area contributed by atoms with Gasteiger partial charge in [-0.25, -0.2) is 0 Å². The van der Waals surface area contributed by atoms with Gasteiger partial charge in [0.2, 0.25) is 16.6 Å². The van der Waals surface area contributed by atoms with Gasteiger partial charge in [0.1, 0.15) is 5.76 Å². The zero-order chi connectivity index (χ0) is 14.6. The van der Waals surface area contributed by atoms with E-state index in [1.54, 1.807) is 0 Å². The molecular formula is C13H28O3Si2. The van der Waals surface area contributed by atoms with Crippen LogP contribution >= 0.6 is 0 Å². The van der Waals surface area contributed by atoms with Gasteiger partial charge >= 0.3 is 0 Å². The fourth-order valence-electron chi connectivity index (χ4n) is 1.18. The van der Waals surface area contributed by atoms with Crippen molar-refractivity contribution in [3.05, 3.63) is 23.9 Å². The number of hydrogen-bond acceptors (Lipinski definition) is 3. The van der Waals surface area contributed by atoms with Gasteiger partial charge in [0, 0.05) is 0 Å². The lowest BCUT2D eigenvalue weighted by Gasteiger charge is -2.26. The Bertz CT molecular complexity index is 322. The van der Waals surface area contributed by atoms with Crippen molar-refractivity contribution in [3.63, 3.8) is 0 Å². The number of allylic oxidation sites excluding steroid dienone is 1. The smallest absolute Gasteiger partial charge is 0.272 e. The highest BCUT2D eigenvalue weighted by atomic mass is 28.4. The Morgan fingerprint density at radius 1 is 0.944 bits per heavy atom. The van der Waals surface area contributed by atoms with Crippen LogP contribution in [0, 0.1) is 0 Å². The third kappa shape index (κ3) is 7.60. The largest absolute Gasteiger partial charge is 0.544 e. The summed E-state index contributed by atoms with van der Waals surface area (Å²) in [5, 5.41) is 0. The van der Waals surface area contributed by atoms with Crippen LogP contribution in [0.25, 0.3) is 0 Å². The molecule has 0 bridgehead atoms. The average Bonchev–Trinajstić information content (AvgIpc) is 2.11. The molecule has 0 amide bonds. The molecular weight excluding hydrogens is 260 g/mol. The molecule has 0 heterocycles. The summed E-state index contributed by atoms with van der Waals surface area (Å²) in [6.07, 6.45) is 0. The van der Waals surface area contributed by atoms with Gasteiger partial charge in [0.05, 0.1) is 12.2 Å². The third-order valence-corrected chi connectivity index (χ3v) is 3.48. The average molecular weight is 289 g/mol. The zero-order valence-corrected chi connectivity index (χ0v) is 15.1. The Morgan fingerprint density at radius 2 is 1.39 bits per heavy atom. The van der Waals surface area contributed by atoms with Crippen LogP contribution in [0.5, 0.6) is 0 Å². The van der Waals surface area contributed by atoms with Gasteiger partial charge in [-0.3, -0.25) is 0 Å². The fraction of sp³-hybridized carbons (Fsp3) is 0.692. The first kappa shape index (κ1) is 17.3. The van der Waals surface area contributed by atoms with E-state index in [-0.39, 0.29) is 0 Å². The molecule has 0 aliphatic rings. The molecule has 0 radical (unpaired) electrons. The highest BCUT2D eigenvalue weighted by Gasteiger charge is 2.23. The zero-order valence-electron chi connectivity index (χ0n) is 13.1. The molecule has 3 nitrogen and oxygen atoms in total. The molecule has 0 N–H and O–H groups in total. The van der Waals surface area contributed by atoms with Gasteiger partial charge in [-0.2, -0.15) is 0 Å². The molecule has 5 heteroatoms. The first-order valence-corrected chi connectivity index (χ1v) is 13.2. The first-order chi connectivity index (χ1) is 7.96. The molecule has 0 fully saturated rings. The molecule has 0 saturated carbocycles. The lowest BCUT2D eigenvalue weighted by atomic mass is 10.3. The molecule has 0 unspecified atom stereocenters. The lowest BCUT2D eigenvalue weighted by Crippen LogP contribution is -2.28. The van der Waals surface area contributed by atoms with E-state index < -0.39 is 16.6 Å². The first-order valence-electron chi connectivity index (χ1n) is 6.37. The molecule has 0 aromatic rings. The minimum Gasteiger partial charge on any atom is -0.544 e. The van der Waals surface area contributed by atoms with E-state index in [0.717, 1.165) is 5.57 Å². The molecule has 0 aliphatic carbocycles. The van der Waals surface area contributed by atoms with E-state index in [9.17, 15) is 0 Å². The van der Waals surface area contributed by atoms with Crippen LogP contribution in [0.15, 0.2) is 23.9 Å². The third-order valence-electron chi connectivity index (χ3n) is 1.83. The SMILES string of the molecule is C=C(O[Si](C)(C)C)/C(C)=C(\OCC)O[Si](C)(C)C. The number of hydrogen-bond donors (Lipinski definition) is 0. The lowest BCUT2D eigenvalue weighted by molar-refractivity contribution is 0.107. The van der Waals surface area contributed by atoms with Gasteiger partial charge in [0.15, 0.2) is 0 Å². The molecule has 106 valence electrons. The molecule has 0 aromatic heterocycles. The van der Waals surface area contributed by atoms with Crippen LogP contribution in [0.3, 0.4) is 0 Å². The highest BCUT2D eigenvalue weighted by Crippen LogP contribution is 2.23. The second kappa shape index (κ2) is 6.47. The van der Waals surface area contributed by atoms with E-state index in [1.807, 2.05) is 13.8 Å². The molecule has 0 spiro atoms. The summed E-state index contributed by atoms with van der Waals surface area (Å²) in [6.45, 7) is 21.2. The summed E-state index contributed by atoms with van der Waals surface area (Å²) >= 11 is 0. The van der Waals surface area contributed by atoms with E-state index >= 15 is 0 Å². The molecule has 0 aliphatic heterocycles. The van der Waals surface area contributed by atoms with Crippen molar-refractivity contribution < 1.29 is 13.6 Å². The van der Waals surface area contributed by atoms with Crippen LogP contribution < -0.4 is 0 Å². The van der Waals surface area contributed by atoms with Gasteiger partial charge in [-0.05, 0) is 53.1 Å². The second-order valence-corrected chi connectivity index (χ2v) is 15.1. The van der Waals surface area contributed by atoms with Crippen LogP contribution in [-0.2, 0) is 13.6 Å². The van der Waals surface area contributed by atoms with Crippen LogP contribution in [0.1, 0.15) is 13.8 Å². The van der Waals surface area contributed by atoms with Crippen LogP contribution in [0.4, 0.5) is 0 Å². The quantitative estimate of drug-likeness (QED) is 0.393. The van der Waals surface area contributed by atoms with Crippen molar-refractivity contribution in [2.75, 3.05) is 6.61 Å². The van der Waals surface area contributed by atoms with Crippen LogP contribution in [0.2, 0.25) is 39.3 Å².